The van der Waals surface area contributed by atoms with Gasteiger partial charge in [0, 0.05) is 19.3 Å². The Hall–Kier alpha value is -4.65. The van der Waals surface area contributed by atoms with Gasteiger partial charge in [-0.3, -0.25) is 19.2 Å². The van der Waals surface area contributed by atoms with E-state index in [4.69, 9.17) is 17.3 Å². The number of imidazole rings is 1. The number of benzene rings is 2. The highest BCUT2D eigenvalue weighted by atomic mass is 16.5. The van der Waals surface area contributed by atoms with Crippen LogP contribution in [0.4, 0.5) is 10.6 Å². The minimum absolute atomic E-state index is 0.0772. The van der Waals surface area contributed by atoms with Crippen molar-refractivity contribution in [2.24, 2.45) is 0 Å². The van der Waals surface area contributed by atoms with Crippen LogP contribution < -0.4 is 20.7 Å². The van der Waals surface area contributed by atoms with Crippen LogP contribution in [-0.2, 0) is 25.7 Å². The molecule has 1 aromatic heterocycles. The minimum Gasteiger partial charge on any atom is -0.497 e. The van der Waals surface area contributed by atoms with E-state index in [1.165, 1.54) is 20.2 Å². The van der Waals surface area contributed by atoms with Crippen LogP contribution in [0.2, 0.25) is 0 Å². The molecule has 44 heavy (non-hydrogen) atoms. The Kier molecular flexibility index (Phi) is 10.8. The lowest BCUT2D eigenvalue weighted by Crippen LogP contribution is -2.59. The monoisotopic (exact) mass is 600 g/mol. The molecule has 2 aromatic carbocycles. The van der Waals surface area contributed by atoms with E-state index in [2.05, 4.69) is 20.9 Å². The number of likely N-dealkylation sites (tertiary alicyclic amines) is 1. The lowest BCUT2D eigenvalue weighted by Gasteiger charge is -2.27. The number of hydrogen-bond acceptors (Lipinski definition) is 7. The number of methoxy groups -OCH3 is 1. The normalized spacial score (nSPS) is 14.4. The van der Waals surface area contributed by atoms with Crippen molar-refractivity contribution in [2.45, 2.75) is 50.9 Å². The van der Waals surface area contributed by atoms with Crippen molar-refractivity contribution in [2.75, 3.05) is 32.1 Å². The van der Waals surface area contributed by atoms with E-state index < -0.39 is 35.2 Å². The number of anilines is 1. The van der Waals surface area contributed by atoms with Gasteiger partial charge in [-0.25, -0.2) is 4.98 Å². The number of hydrogen-bond donors (Lipinski definition) is 3. The quantitative estimate of drug-likeness (QED) is 0.256. The summed E-state index contributed by atoms with van der Waals surface area (Å²) in [5.41, 5.74) is 0.230. The van der Waals surface area contributed by atoms with Crippen LogP contribution in [0, 0.1) is 0 Å². The molecule has 3 N–H and O–H groups in total. The van der Waals surface area contributed by atoms with Gasteiger partial charge in [-0.05, 0) is 49.9 Å². The summed E-state index contributed by atoms with van der Waals surface area (Å²) in [4.78, 5) is 57.7. The maximum Gasteiger partial charge on any atom is 0.250 e. The fourth-order valence-corrected chi connectivity index (χ4v) is 4.85. The molecule has 0 aliphatic carbocycles. The maximum absolute atomic E-state index is 13.6. The number of aromatic nitrogens is 2. The molecule has 0 spiro atoms. The predicted molar refractivity (Wildman–Crippen MR) is 164 cm³/mol. The molecule has 1 aliphatic heterocycles. The highest BCUT2D eigenvalue weighted by Crippen LogP contribution is 2.26. The third-order valence-electron chi connectivity index (χ3n) is 7.26. The SMILES string of the molecule is [B]C(=O)NC(C)(C)C(=O)N[C@H](COCc1ccccc1)C(=O)Nc1cn(C(C(=O)N2CCCC2)c2ccc(OC)cc2)cn1. The van der Waals surface area contributed by atoms with Gasteiger partial charge in [0.2, 0.25) is 19.7 Å². The molecular weight excluding hydrogens is 563 g/mol. The number of amides is 4. The first-order valence-corrected chi connectivity index (χ1v) is 14.3. The van der Waals surface area contributed by atoms with Crippen molar-refractivity contribution in [3.8, 4) is 5.75 Å². The van der Waals surface area contributed by atoms with E-state index in [0.29, 0.717) is 18.8 Å². The molecule has 2 radical (unpaired) electrons. The second-order valence-electron chi connectivity index (χ2n) is 11.0. The molecule has 0 saturated carbocycles. The minimum atomic E-state index is -1.40. The largest absolute Gasteiger partial charge is 0.497 e. The number of ether oxygens (including phenoxy) is 2. The molecule has 0 bridgehead atoms. The average Bonchev–Trinajstić information content (AvgIpc) is 3.70. The fraction of sp³-hybridized carbons (Fsp3) is 0.387. The van der Waals surface area contributed by atoms with Crippen molar-refractivity contribution in [3.63, 3.8) is 0 Å². The molecule has 13 heteroatoms. The molecule has 1 saturated heterocycles. The van der Waals surface area contributed by atoms with Gasteiger partial charge in [0.05, 0.1) is 26.7 Å². The Morgan fingerprint density at radius 3 is 2.34 bits per heavy atom. The number of nitrogens with one attached hydrogen (secondary N) is 3. The molecule has 1 unspecified atom stereocenters. The van der Waals surface area contributed by atoms with Gasteiger partial charge in [0.15, 0.2) is 11.6 Å². The van der Waals surface area contributed by atoms with Gasteiger partial charge in [0.25, 0.3) is 5.91 Å². The van der Waals surface area contributed by atoms with Crippen molar-refractivity contribution < 1.29 is 28.7 Å². The Bertz CT molecular complexity index is 1440. The topological polar surface area (TPSA) is 144 Å². The van der Waals surface area contributed by atoms with Gasteiger partial charge >= 0.3 is 0 Å². The lowest BCUT2D eigenvalue weighted by atomic mass is 10.00. The van der Waals surface area contributed by atoms with Crippen molar-refractivity contribution in [3.05, 3.63) is 78.2 Å². The Morgan fingerprint density at radius 2 is 1.70 bits per heavy atom. The zero-order chi connectivity index (χ0) is 31.7. The predicted octanol–water partition coefficient (Wildman–Crippen LogP) is 2.40. The van der Waals surface area contributed by atoms with Gasteiger partial charge in [0.1, 0.15) is 23.4 Å². The van der Waals surface area contributed by atoms with E-state index >= 15 is 0 Å². The first-order chi connectivity index (χ1) is 21.1. The van der Waals surface area contributed by atoms with Crippen LogP contribution in [0.1, 0.15) is 43.9 Å². The fourth-order valence-electron chi connectivity index (χ4n) is 4.85. The molecular formula is C31H37BN6O6. The van der Waals surface area contributed by atoms with E-state index in [0.717, 1.165) is 24.0 Å². The van der Waals surface area contributed by atoms with Crippen molar-refractivity contribution >= 4 is 37.2 Å². The molecule has 4 amide bonds. The molecule has 2 atom stereocenters. The standard InChI is InChI=1S/C31H37BN6O6/c1-31(2,36-30(32)42)29(41)34-24(19-44-18-21-9-5-4-6-10-21)27(39)35-25-17-38(20-33-25)26(28(40)37-15-7-8-16-37)22-11-13-23(43-3)14-12-22/h4-6,9-14,17,20,24,26H,7-8,15-16,18-19H2,1-3H3,(H,34,41)(H,35,39)(H,36,42)/t24-,26?/m1/s1. The molecule has 1 fully saturated rings. The third kappa shape index (κ3) is 8.47. The molecule has 1 aliphatic rings. The zero-order valence-electron chi connectivity index (χ0n) is 25.1. The molecule has 3 aromatic rings. The summed E-state index contributed by atoms with van der Waals surface area (Å²) < 4.78 is 12.7. The van der Waals surface area contributed by atoms with Crippen LogP contribution >= 0.6 is 0 Å². The van der Waals surface area contributed by atoms with E-state index in [-0.39, 0.29) is 24.9 Å². The molecule has 230 valence electrons. The Labute approximate surface area is 257 Å². The van der Waals surface area contributed by atoms with E-state index in [1.807, 2.05) is 47.4 Å². The number of carbonyl (C=O) groups is 4. The molecule has 4 rings (SSSR count). The number of carbonyl (C=O) groups excluding carboxylic acids is 4. The van der Waals surface area contributed by atoms with E-state index in [9.17, 15) is 19.2 Å². The summed E-state index contributed by atoms with van der Waals surface area (Å²) in [5.74, 6) is -1.35. The Balaban J connectivity index is 1.52. The van der Waals surface area contributed by atoms with Crippen molar-refractivity contribution in [1.29, 1.82) is 0 Å². The van der Waals surface area contributed by atoms with Crippen LogP contribution in [-0.4, -0.2) is 84.2 Å². The van der Waals surface area contributed by atoms with Crippen molar-refractivity contribution in [1.82, 2.24) is 25.1 Å². The Morgan fingerprint density at radius 1 is 1.02 bits per heavy atom. The van der Waals surface area contributed by atoms with Crippen LogP contribution in [0.25, 0.3) is 0 Å². The summed E-state index contributed by atoms with van der Waals surface area (Å²) >= 11 is 0. The zero-order valence-corrected chi connectivity index (χ0v) is 25.1. The highest BCUT2D eigenvalue weighted by molar-refractivity contribution is 6.57. The third-order valence-corrected chi connectivity index (χ3v) is 7.26. The summed E-state index contributed by atoms with van der Waals surface area (Å²) in [6, 6.07) is 14.8. The molecule has 2 heterocycles. The average molecular weight is 600 g/mol. The van der Waals surface area contributed by atoms with Crippen LogP contribution in [0.3, 0.4) is 0 Å². The van der Waals surface area contributed by atoms with Gasteiger partial charge < -0.3 is 34.9 Å². The van der Waals surface area contributed by atoms with E-state index in [1.54, 1.807) is 30.0 Å². The molecule has 12 nitrogen and oxygen atoms in total. The maximum atomic E-state index is 13.6. The number of rotatable bonds is 13. The lowest BCUT2D eigenvalue weighted by molar-refractivity contribution is -0.132. The van der Waals surface area contributed by atoms with Crippen LogP contribution in [0.15, 0.2) is 67.1 Å². The summed E-state index contributed by atoms with van der Waals surface area (Å²) in [5, 5.41) is 7.72. The summed E-state index contributed by atoms with van der Waals surface area (Å²) in [6.45, 7) is 4.32. The second kappa shape index (κ2) is 14.7. The van der Waals surface area contributed by atoms with Gasteiger partial charge in [-0.2, -0.15) is 0 Å². The summed E-state index contributed by atoms with van der Waals surface area (Å²) in [6.07, 6.45) is 4.94. The van der Waals surface area contributed by atoms with Crippen LogP contribution in [0.5, 0.6) is 5.75 Å². The smallest absolute Gasteiger partial charge is 0.250 e. The van der Waals surface area contributed by atoms with Gasteiger partial charge in [-0.15, -0.1) is 0 Å². The first-order valence-electron chi connectivity index (χ1n) is 14.3. The summed E-state index contributed by atoms with van der Waals surface area (Å²) in [7, 11) is 6.79. The van der Waals surface area contributed by atoms with Gasteiger partial charge in [-0.1, -0.05) is 42.5 Å². The first kappa shape index (κ1) is 32.3. The number of nitrogens with zero attached hydrogens (tertiary/aromatic N) is 3. The highest BCUT2D eigenvalue weighted by Gasteiger charge is 2.33. The second-order valence-corrected chi connectivity index (χ2v) is 11.0.